The van der Waals surface area contributed by atoms with Crippen molar-refractivity contribution >= 4 is 23.3 Å². The SMILES string of the molecule is CC(C)(C)OC(=O)N1CCc2cc(CNC(=O)/C(N)=C/N(N)Cc3cn4cc(C5CC5)ccc4n3)ncc21. The van der Waals surface area contributed by atoms with Crippen LogP contribution in [0, 0.1) is 0 Å². The van der Waals surface area contributed by atoms with Gasteiger partial charge in [-0.05, 0) is 69.2 Å². The Hall–Kier alpha value is -4.12. The molecule has 2 amide bonds. The van der Waals surface area contributed by atoms with Crippen molar-refractivity contribution in [3.63, 3.8) is 0 Å². The number of hydrazine groups is 1. The maximum Gasteiger partial charge on any atom is 0.414 e. The summed E-state index contributed by atoms with van der Waals surface area (Å²) in [7, 11) is 0. The van der Waals surface area contributed by atoms with E-state index in [9.17, 15) is 9.59 Å². The first-order valence-corrected chi connectivity index (χ1v) is 12.8. The van der Waals surface area contributed by atoms with Gasteiger partial charge in [0.25, 0.3) is 5.91 Å². The molecule has 0 aromatic carbocycles. The quantitative estimate of drug-likeness (QED) is 0.246. The molecular formula is C27H34N8O3. The number of carbonyl (C=O) groups is 2. The van der Waals surface area contributed by atoms with E-state index in [2.05, 4.69) is 27.5 Å². The molecule has 1 aliphatic heterocycles. The fraction of sp³-hybridized carbons (Fsp3) is 0.407. The van der Waals surface area contributed by atoms with E-state index in [0.717, 1.165) is 22.6 Å². The van der Waals surface area contributed by atoms with Crippen LogP contribution in [0.4, 0.5) is 10.5 Å². The highest BCUT2D eigenvalue weighted by Gasteiger charge is 2.29. The molecule has 11 heteroatoms. The van der Waals surface area contributed by atoms with E-state index in [4.69, 9.17) is 16.3 Å². The van der Waals surface area contributed by atoms with Crippen LogP contribution in [0.3, 0.4) is 0 Å². The zero-order chi connectivity index (χ0) is 27.0. The van der Waals surface area contributed by atoms with Crippen molar-refractivity contribution in [2.45, 2.75) is 64.6 Å². The van der Waals surface area contributed by atoms with Gasteiger partial charge in [0.2, 0.25) is 0 Å². The third-order valence-electron chi connectivity index (χ3n) is 6.45. The van der Waals surface area contributed by atoms with Gasteiger partial charge in [0.15, 0.2) is 0 Å². The van der Waals surface area contributed by atoms with E-state index in [0.29, 0.717) is 31.1 Å². The van der Waals surface area contributed by atoms with Crippen LogP contribution in [-0.2, 0) is 29.0 Å². The molecule has 3 aromatic rings. The number of hydrogen-bond donors (Lipinski definition) is 3. The minimum Gasteiger partial charge on any atom is -0.443 e. The summed E-state index contributed by atoms with van der Waals surface area (Å²) in [6.07, 6.45) is 9.86. The van der Waals surface area contributed by atoms with Crippen LogP contribution >= 0.6 is 0 Å². The van der Waals surface area contributed by atoms with Crippen molar-refractivity contribution < 1.29 is 14.3 Å². The van der Waals surface area contributed by atoms with Crippen LogP contribution in [0.2, 0.25) is 0 Å². The number of nitrogens with two attached hydrogens (primary N) is 2. The van der Waals surface area contributed by atoms with Gasteiger partial charge >= 0.3 is 6.09 Å². The minimum atomic E-state index is -0.573. The number of hydrogen-bond acceptors (Lipinski definition) is 8. The maximum absolute atomic E-state index is 12.6. The van der Waals surface area contributed by atoms with Crippen LogP contribution in [0.1, 0.15) is 62.0 Å². The summed E-state index contributed by atoms with van der Waals surface area (Å²) >= 11 is 0. The minimum absolute atomic E-state index is 0.0236. The zero-order valence-corrected chi connectivity index (χ0v) is 22.0. The normalized spacial score (nSPS) is 15.5. The predicted molar refractivity (Wildman–Crippen MR) is 143 cm³/mol. The van der Waals surface area contributed by atoms with E-state index in [1.165, 1.54) is 29.6 Å². The van der Waals surface area contributed by atoms with Crippen LogP contribution in [-0.4, -0.2) is 43.5 Å². The molecule has 11 nitrogen and oxygen atoms in total. The fourth-order valence-corrected chi connectivity index (χ4v) is 4.48. The molecule has 0 saturated heterocycles. The number of nitrogens with one attached hydrogen (secondary N) is 1. The lowest BCUT2D eigenvalue weighted by Crippen LogP contribution is -2.35. The summed E-state index contributed by atoms with van der Waals surface area (Å²) in [4.78, 5) is 35.6. The second-order valence-corrected chi connectivity index (χ2v) is 10.9. The van der Waals surface area contributed by atoms with Crippen LogP contribution in [0.25, 0.3) is 5.65 Å². The molecule has 4 heterocycles. The van der Waals surface area contributed by atoms with Gasteiger partial charge in [-0.2, -0.15) is 0 Å². The Morgan fingerprint density at radius 3 is 2.76 bits per heavy atom. The number of aromatic nitrogens is 3. The number of rotatable bonds is 7. The highest BCUT2D eigenvalue weighted by atomic mass is 16.6. The average Bonchev–Trinajstić information content (AvgIpc) is 3.48. The molecule has 3 aromatic heterocycles. The van der Waals surface area contributed by atoms with Crippen molar-refractivity contribution in [2.75, 3.05) is 11.4 Å². The number of fused-ring (bicyclic) bond motifs is 2. The Morgan fingerprint density at radius 1 is 1.24 bits per heavy atom. The number of nitrogens with zero attached hydrogens (tertiary/aromatic N) is 5. The van der Waals surface area contributed by atoms with Crippen molar-refractivity contribution in [3.05, 3.63) is 71.2 Å². The molecule has 0 radical (unpaired) electrons. The molecule has 5 N–H and O–H groups in total. The second-order valence-electron chi connectivity index (χ2n) is 10.9. The van der Waals surface area contributed by atoms with E-state index >= 15 is 0 Å². The number of amides is 2. The molecule has 38 heavy (non-hydrogen) atoms. The average molecular weight is 519 g/mol. The van der Waals surface area contributed by atoms with E-state index < -0.39 is 17.6 Å². The first-order valence-electron chi connectivity index (χ1n) is 12.8. The second kappa shape index (κ2) is 9.97. The largest absolute Gasteiger partial charge is 0.443 e. The van der Waals surface area contributed by atoms with Gasteiger partial charge < -0.3 is 25.2 Å². The lowest BCUT2D eigenvalue weighted by molar-refractivity contribution is -0.117. The van der Waals surface area contributed by atoms with Gasteiger partial charge in [-0.1, -0.05) is 6.07 Å². The number of pyridine rings is 2. The van der Waals surface area contributed by atoms with E-state index in [1.54, 1.807) is 11.1 Å². The molecule has 200 valence electrons. The number of ether oxygens (including phenoxy) is 1. The van der Waals surface area contributed by atoms with E-state index in [-0.39, 0.29) is 12.2 Å². The Kier molecular flexibility index (Phi) is 6.70. The summed E-state index contributed by atoms with van der Waals surface area (Å²) < 4.78 is 7.48. The monoisotopic (exact) mass is 518 g/mol. The number of imidazole rings is 1. The molecule has 1 saturated carbocycles. The fourth-order valence-electron chi connectivity index (χ4n) is 4.48. The van der Waals surface area contributed by atoms with E-state index in [1.807, 2.05) is 43.5 Å². The summed E-state index contributed by atoms with van der Waals surface area (Å²) in [5.74, 6) is 6.30. The standard InChI is InChI=1S/C27H34N8O3/c1-27(2,3)38-26(37)35-9-8-18-10-20(30-12-23(18)35)11-31-25(36)22(28)16-34(29)15-21-14-33-13-19(17-4-5-17)6-7-24(33)32-21/h6-7,10,12-14,16-17H,4-5,8-9,11,15,28-29H2,1-3H3,(H,31,36)/b22-16-. The van der Waals surface area contributed by atoms with Crippen LogP contribution in [0.15, 0.2) is 48.7 Å². The Morgan fingerprint density at radius 2 is 2.03 bits per heavy atom. The molecule has 0 atom stereocenters. The third kappa shape index (κ3) is 5.88. The van der Waals surface area contributed by atoms with Gasteiger partial charge in [0.1, 0.15) is 16.9 Å². The van der Waals surface area contributed by atoms with Crippen LogP contribution < -0.4 is 21.8 Å². The van der Waals surface area contributed by atoms with Gasteiger partial charge in [0, 0.05) is 25.1 Å². The van der Waals surface area contributed by atoms with Crippen molar-refractivity contribution in [3.8, 4) is 0 Å². The van der Waals surface area contributed by atoms with Crippen molar-refractivity contribution in [2.24, 2.45) is 11.6 Å². The Balaban J connectivity index is 1.15. The van der Waals surface area contributed by atoms with Crippen LogP contribution in [0.5, 0.6) is 0 Å². The Labute approximate surface area is 221 Å². The molecule has 1 fully saturated rings. The Bertz CT molecular complexity index is 1400. The lowest BCUT2D eigenvalue weighted by Gasteiger charge is -2.24. The highest BCUT2D eigenvalue weighted by molar-refractivity contribution is 5.92. The highest BCUT2D eigenvalue weighted by Crippen LogP contribution is 2.39. The van der Waals surface area contributed by atoms with Crippen molar-refractivity contribution in [1.29, 1.82) is 0 Å². The summed E-state index contributed by atoms with van der Waals surface area (Å²) in [6.45, 7) is 6.51. The lowest BCUT2D eigenvalue weighted by atomic mass is 10.2. The maximum atomic E-state index is 12.6. The molecule has 0 spiro atoms. The molecule has 0 bridgehead atoms. The summed E-state index contributed by atoms with van der Waals surface area (Å²) in [5.41, 5.74) is 10.7. The predicted octanol–water partition coefficient (Wildman–Crippen LogP) is 2.70. The van der Waals surface area contributed by atoms with Gasteiger partial charge in [-0.25, -0.2) is 15.6 Å². The smallest absolute Gasteiger partial charge is 0.414 e. The molecule has 1 aliphatic carbocycles. The van der Waals surface area contributed by atoms with Gasteiger partial charge in [-0.15, -0.1) is 0 Å². The molecule has 0 unspecified atom stereocenters. The zero-order valence-electron chi connectivity index (χ0n) is 22.0. The molecular weight excluding hydrogens is 484 g/mol. The first-order chi connectivity index (χ1) is 18.1. The summed E-state index contributed by atoms with van der Waals surface area (Å²) in [6, 6.07) is 6.02. The van der Waals surface area contributed by atoms with Crippen molar-refractivity contribution in [1.82, 2.24) is 24.7 Å². The molecule has 2 aliphatic rings. The third-order valence-corrected chi connectivity index (χ3v) is 6.45. The first kappa shape index (κ1) is 25.5. The summed E-state index contributed by atoms with van der Waals surface area (Å²) in [5, 5.41) is 4.11. The topological polar surface area (TPSA) is 144 Å². The number of anilines is 1. The van der Waals surface area contributed by atoms with Gasteiger partial charge in [-0.3, -0.25) is 14.7 Å². The number of carbonyl (C=O) groups excluding carboxylic acids is 2. The van der Waals surface area contributed by atoms with Gasteiger partial charge in [0.05, 0.1) is 36.4 Å². The molecule has 5 rings (SSSR count).